The largest absolute Gasteiger partial charge is 0.272 e. The van der Waals surface area contributed by atoms with E-state index in [1.165, 1.54) is 0 Å². The Morgan fingerprint density at radius 2 is 2.11 bits per heavy atom. The molecule has 1 amide bonds. The molecule has 0 aliphatic rings. The molecule has 92 valence electrons. The van der Waals surface area contributed by atoms with E-state index >= 15 is 0 Å². The number of halogens is 2. The highest BCUT2D eigenvalue weighted by Gasteiger charge is 2.07. The summed E-state index contributed by atoms with van der Waals surface area (Å²) in [5.41, 5.74) is 3.05. The average Bonchev–Trinajstić information content (AvgIpc) is 2.75. The number of nitrogens with one attached hydrogen (secondary N) is 1. The van der Waals surface area contributed by atoms with Gasteiger partial charge in [-0.25, -0.2) is 5.43 Å². The van der Waals surface area contributed by atoms with E-state index < -0.39 is 0 Å². The maximum atomic E-state index is 11.8. The zero-order chi connectivity index (χ0) is 13.0. The van der Waals surface area contributed by atoms with Gasteiger partial charge in [0.25, 0.3) is 5.91 Å². The molecule has 0 spiro atoms. The van der Waals surface area contributed by atoms with E-state index in [1.807, 2.05) is 23.6 Å². The molecule has 18 heavy (non-hydrogen) atoms. The highest BCUT2D eigenvalue weighted by molar-refractivity contribution is 9.10. The molecule has 0 saturated carbocycles. The van der Waals surface area contributed by atoms with Gasteiger partial charge in [0.2, 0.25) is 0 Å². The first-order valence-corrected chi connectivity index (χ1v) is 7.45. The third kappa shape index (κ3) is 3.51. The highest BCUT2D eigenvalue weighted by atomic mass is 79.9. The van der Waals surface area contributed by atoms with Crippen molar-refractivity contribution in [3.63, 3.8) is 0 Å². The lowest BCUT2D eigenvalue weighted by molar-refractivity contribution is 0.0954. The van der Waals surface area contributed by atoms with Crippen LogP contribution in [0, 0.1) is 0 Å². The van der Waals surface area contributed by atoms with E-state index in [0.29, 0.717) is 5.56 Å². The maximum absolute atomic E-state index is 11.8. The number of benzene rings is 1. The first-order chi connectivity index (χ1) is 8.66. The molecule has 0 aliphatic carbocycles. The number of amides is 1. The standard InChI is InChI=1S/C12H8Br2N2OS/c13-8-5-9(18-7-8)6-15-16-12(17)10-3-1-2-4-11(10)14/h1-7H,(H,16,17)/b15-6-. The molecule has 0 fully saturated rings. The van der Waals surface area contributed by atoms with E-state index in [9.17, 15) is 4.79 Å². The monoisotopic (exact) mass is 386 g/mol. The van der Waals surface area contributed by atoms with Gasteiger partial charge >= 0.3 is 0 Å². The van der Waals surface area contributed by atoms with Crippen LogP contribution in [0.2, 0.25) is 0 Å². The van der Waals surface area contributed by atoms with Gasteiger partial charge in [0.1, 0.15) is 0 Å². The van der Waals surface area contributed by atoms with Crippen molar-refractivity contribution in [3.05, 3.63) is 55.1 Å². The summed E-state index contributed by atoms with van der Waals surface area (Å²) in [5, 5.41) is 5.87. The van der Waals surface area contributed by atoms with Crippen molar-refractivity contribution in [2.75, 3.05) is 0 Å². The lowest BCUT2D eigenvalue weighted by Gasteiger charge is -2.01. The molecular formula is C12H8Br2N2OS. The van der Waals surface area contributed by atoms with Gasteiger partial charge in [0, 0.05) is 19.2 Å². The fourth-order valence-corrected chi connectivity index (χ4v) is 3.02. The maximum Gasteiger partial charge on any atom is 0.272 e. The summed E-state index contributed by atoms with van der Waals surface area (Å²) in [6.45, 7) is 0. The number of carbonyl (C=O) groups is 1. The minimum absolute atomic E-state index is 0.241. The third-order valence-electron chi connectivity index (χ3n) is 2.06. The Morgan fingerprint density at radius 3 is 2.78 bits per heavy atom. The SMILES string of the molecule is O=C(N/N=C\c1cc(Br)cs1)c1ccccc1Br. The molecule has 0 aliphatic heterocycles. The second-order valence-corrected chi connectivity index (χ2v) is 6.06. The molecule has 3 nitrogen and oxygen atoms in total. The molecule has 2 rings (SSSR count). The Balaban J connectivity index is 2.01. The molecule has 0 saturated heterocycles. The first kappa shape index (κ1) is 13.5. The van der Waals surface area contributed by atoms with Crippen molar-refractivity contribution in [2.24, 2.45) is 5.10 Å². The molecule has 6 heteroatoms. The van der Waals surface area contributed by atoms with E-state index in [0.717, 1.165) is 13.8 Å². The van der Waals surface area contributed by atoms with Gasteiger partial charge in [-0.3, -0.25) is 4.79 Å². The molecule has 1 aromatic heterocycles. The van der Waals surface area contributed by atoms with Crippen molar-refractivity contribution >= 4 is 55.3 Å². The summed E-state index contributed by atoms with van der Waals surface area (Å²) in [6.07, 6.45) is 1.62. The van der Waals surface area contributed by atoms with Crippen LogP contribution in [0.1, 0.15) is 15.2 Å². The molecule has 1 heterocycles. The van der Waals surface area contributed by atoms with Gasteiger partial charge in [0.15, 0.2) is 0 Å². The van der Waals surface area contributed by atoms with Crippen LogP contribution >= 0.6 is 43.2 Å². The Labute approximate surface area is 125 Å². The predicted molar refractivity (Wildman–Crippen MR) is 81.2 cm³/mol. The Morgan fingerprint density at radius 1 is 1.33 bits per heavy atom. The molecule has 2 aromatic rings. The van der Waals surface area contributed by atoms with E-state index in [4.69, 9.17) is 0 Å². The fraction of sp³-hybridized carbons (Fsp3) is 0. The smallest absolute Gasteiger partial charge is 0.267 e. The lowest BCUT2D eigenvalue weighted by Crippen LogP contribution is -2.17. The zero-order valence-electron chi connectivity index (χ0n) is 9.06. The number of thiophene rings is 1. The molecule has 0 bridgehead atoms. The van der Waals surface area contributed by atoms with Crippen LogP contribution in [0.15, 0.2) is 49.8 Å². The minimum atomic E-state index is -0.241. The third-order valence-corrected chi connectivity index (χ3v) is 4.38. The number of rotatable bonds is 3. The highest BCUT2D eigenvalue weighted by Crippen LogP contribution is 2.18. The Kier molecular flexibility index (Phi) is 4.68. The molecule has 0 unspecified atom stereocenters. The van der Waals surface area contributed by atoms with E-state index in [2.05, 4.69) is 42.4 Å². The van der Waals surface area contributed by atoms with Crippen LogP contribution in [0.25, 0.3) is 0 Å². The summed E-state index contributed by atoms with van der Waals surface area (Å²) >= 11 is 8.22. The van der Waals surface area contributed by atoms with Crippen molar-refractivity contribution in [1.82, 2.24) is 5.43 Å². The number of hydrogen-bond donors (Lipinski definition) is 1. The minimum Gasteiger partial charge on any atom is -0.267 e. The van der Waals surface area contributed by atoms with Crippen molar-refractivity contribution in [2.45, 2.75) is 0 Å². The Bertz CT molecular complexity index is 595. The summed E-state index contributed by atoms with van der Waals surface area (Å²) in [6, 6.07) is 9.14. The van der Waals surface area contributed by atoms with Crippen molar-refractivity contribution < 1.29 is 4.79 Å². The number of nitrogens with zero attached hydrogens (tertiary/aromatic N) is 1. The summed E-state index contributed by atoms with van der Waals surface area (Å²) < 4.78 is 1.75. The van der Waals surface area contributed by atoms with E-state index in [1.54, 1.807) is 29.7 Å². The van der Waals surface area contributed by atoms with Crippen molar-refractivity contribution in [1.29, 1.82) is 0 Å². The number of carbonyl (C=O) groups excluding carboxylic acids is 1. The van der Waals surface area contributed by atoms with Crippen molar-refractivity contribution in [3.8, 4) is 0 Å². The fourth-order valence-electron chi connectivity index (χ4n) is 1.26. The summed E-state index contributed by atoms with van der Waals surface area (Å²) in [5.74, 6) is -0.241. The van der Waals surface area contributed by atoms with Gasteiger partial charge in [-0.05, 0) is 50.1 Å². The topological polar surface area (TPSA) is 41.5 Å². The first-order valence-electron chi connectivity index (χ1n) is 4.99. The van der Waals surface area contributed by atoms with Crippen LogP contribution in [-0.2, 0) is 0 Å². The van der Waals surface area contributed by atoms with E-state index in [-0.39, 0.29) is 5.91 Å². The predicted octanol–water partition coefficient (Wildman–Crippen LogP) is 4.04. The van der Waals surface area contributed by atoms with Crippen LogP contribution in [0.4, 0.5) is 0 Å². The normalized spacial score (nSPS) is 10.8. The van der Waals surface area contributed by atoms with Gasteiger partial charge in [-0.15, -0.1) is 11.3 Å². The molecular weight excluding hydrogens is 380 g/mol. The number of hydrogen-bond acceptors (Lipinski definition) is 3. The second-order valence-electron chi connectivity index (χ2n) is 3.35. The molecule has 1 aromatic carbocycles. The molecule has 1 N–H and O–H groups in total. The Hall–Kier alpha value is -0.980. The molecule has 0 radical (unpaired) electrons. The van der Waals surface area contributed by atoms with Gasteiger partial charge in [-0.2, -0.15) is 5.10 Å². The summed E-state index contributed by atoms with van der Waals surface area (Å²) in [7, 11) is 0. The van der Waals surface area contributed by atoms with Crippen LogP contribution in [-0.4, -0.2) is 12.1 Å². The second kappa shape index (κ2) is 6.26. The lowest BCUT2D eigenvalue weighted by atomic mass is 10.2. The quantitative estimate of drug-likeness (QED) is 0.626. The van der Waals surface area contributed by atoms with Crippen LogP contribution in [0.3, 0.4) is 0 Å². The average molecular weight is 388 g/mol. The van der Waals surface area contributed by atoms with Crippen LogP contribution < -0.4 is 5.43 Å². The zero-order valence-corrected chi connectivity index (χ0v) is 13.0. The van der Waals surface area contributed by atoms with Gasteiger partial charge in [0.05, 0.1) is 11.8 Å². The van der Waals surface area contributed by atoms with Crippen LogP contribution in [0.5, 0.6) is 0 Å². The van der Waals surface area contributed by atoms with Gasteiger partial charge in [-0.1, -0.05) is 12.1 Å². The molecule has 0 atom stereocenters. The van der Waals surface area contributed by atoms with Gasteiger partial charge < -0.3 is 0 Å². The number of hydrazone groups is 1. The summed E-state index contributed by atoms with van der Waals surface area (Å²) in [4.78, 5) is 12.8.